The summed E-state index contributed by atoms with van der Waals surface area (Å²) >= 11 is 0. The van der Waals surface area contributed by atoms with Gasteiger partial charge in [0.05, 0.1) is 4.92 Å². The standard InChI is InChI=1S/C7H8N6O3/c1-2-3-4(11-12-10-3)6(13(15)16)5(9-8)7(2)14/h9,14H,8H2,1H3,(H,10,11,12). The van der Waals surface area contributed by atoms with Crippen LogP contribution in [-0.4, -0.2) is 25.4 Å². The van der Waals surface area contributed by atoms with Gasteiger partial charge in [0.1, 0.15) is 5.52 Å². The molecule has 0 fully saturated rings. The predicted molar refractivity (Wildman–Crippen MR) is 54.8 cm³/mol. The molecule has 5 N–H and O–H groups in total. The van der Waals surface area contributed by atoms with Gasteiger partial charge < -0.3 is 10.5 Å². The first-order chi connectivity index (χ1) is 7.57. The number of phenolic OH excluding ortho intramolecular Hbond substituents is 1. The molecular weight excluding hydrogens is 216 g/mol. The van der Waals surface area contributed by atoms with Crippen LogP contribution in [0, 0.1) is 17.0 Å². The Morgan fingerprint density at radius 1 is 1.50 bits per heavy atom. The summed E-state index contributed by atoms with van der Waals surface area (Å²) in [5, 5.41) is 30.3. The number of nitrogens with zero attached hydrogens (tertiary/aromatic N) is 3. The smallest absolute Gasteiger partial charge is 0.327 e. The second-order valence-corrected chi connectivity index (χ2v) is 3.12. The number of hydrazine groups is 1. The molecule has 0 bridgehead atoms. The topological polar surface area (TPSA) is 143 Å². The Morgan fingerprint density at radius 2 is 2.12 bits per heavy atom. The first-order valence-electron chi connectivity index (χ1n) is 4.25. The fraction of sp³-hybridized carbons (Fsp3) is 0.143. The van der Waals surface area contributed by atoms with E-state index in [1.165, 1.54) is 0 Å². The van der Waals surface area contributed by atoms with E-state index >= 15 is 0 Å². The molecule has 0 aliphatic heterocycles. The van der Waals surface area contributed by atoms with E-state index in [-0.39, 0.29) is 22.5 Å². The molecule has 1 heterocycles. The maximum absolute atomic E-state index is 10.9. The number of nitrogens with one attached hydrogen (secondary N) is 2. The Labute approximate surface area is 88.4 Å². The quantitative estimate of drug-likeness (QED) is 0.246. The number of nitrogen functional groups attached to an aromatic ring is 1. The van der Waals surface area contributed by atoms with Crippen molar-refractivity contribution in [2.75, 3.05) is 5.43 Å². The minimum Gasteiger partial charge on any atom is -0.505 e. The van der Waals surface area contributed by atoms with E-state index in [9.17, 15) is 15.2 Å². The Kier molecular flexibility index (Phi) is 2.09. The maximum atomic E-state index is 10.9. The van der Waals surface area contributed by atoms with E-state index < -0.39 is 10.6 Å². The van der Waals surface area contributed by atoms with Crippen LogP contribution in [0.15, 0.2) is 0 Å². The number of aromatic hydroxyl groups is 1. The molecule has 0 saturated heterocycles. The van der Waals surface area contributed by atoms with E-state index in [1.54, 1.807) is 6.92 Å². The molecule has 0 aliphatic carbocycles. The van der Waals surface area contributed by atoms with Crippen molar-refractivity contribution in [2.24, 2.45) is 5.84 Å². The number of hydrogen-bond donors (Lipinski definition) is 4. The summed E-state index contributed by atoms with van der Waals surface area (Å²) < 4.78 is 0. The lowest BCUT2D eigenvalue weighted by molar-refractivity contribution is -0.382. The maximum Gasteiger partial charge on any atom is 0.327 e. The number of nitro benzene ring substituents is 1. The molecule has 1 aromatic carbocycles. The van der Waals surface area contributed by atoms with Gasteiger partial charge >= 0.3 is 5.69 Å². The minimum absolute atomic E-state index is 0.0493. The summed E-state index contributed by atoms with van der Waals surface area (Å²) in [5.74, 6) is 4.84. The molecule has 1 aromatic heterocycles. The second kappa shape index (κ2) is 3.31. The number of aromatic nitrogens is 3. The molecule has 2 aromatic rings. The highest BCUT2D eigenvalue weighted by atomic mass is 16.6. The summed E-state index contributed by atoms with van der Waals surface area (Å²) in [5.41, 5.74) is 2.16. The van der Waals surface area contributed by atoms with Gasteiger partial charge in [0, 0.05) is 5.56 Å². The summed E-state index contributed by atoms with van der Waals surface area (Å²) in [6.07, 6.45) is 0. The molecule has 0 spiro atoms. The van der Waals surface area contributed by atoms with Crippen molar-refractivity contribution in [1.29, 1.82) is 0 Å². The van der Waals surface area contributed by atoms with Gasteiger partial charge in [-0.3, -0.25) is 16.0 Å². The first-order valence-corrected chi connectivity index (χ1v) is 4.25. The highest BCUT2D eigenvalue weighted by molar-refractivity contribution is 5.96. The number of fused-ring (bicyclic) bond motifs is 1. The highest BCUT2D eigenvalue weighted by Crippen LogP contribution is 2.41. The van der Waals surface area contributed by atoms with Crippen LogP contribution in [0.2, 0.25) is 0 Å². The molecule has 16 heavy (non-hydrogen) atoms. The lowest BCUT2D eigenvalue weighted by atomic mass is 10.1. The Balaban J connectivity index is 2.98. The number of anilines is 1. The van der Waals surface area contributed by atoms with E-state index in [4.69, 9.17) is 5.84 Å². The summed E-state index contributed by atoms with van der Waals surface area (Å²) in [4.78, 5) is 10.2. The van der Waals surface area contributed by atoms with Crippen LogP contribution in [0.5, 0.6) is 5.75 Å². The lowest BCUT2D eigenvalue weighted by Gasteiger charge is -2.07. The van der Waals surface area contributed by atoms with Gasteiger partial charge in [-0.1, -0.05) is 0 Å². The van der Waals surface area contributed by atoms with E-state index in [1.807, 2.05) is 0 Å². The van der Waals surface area contributed by atoms with Gasteiger partial charge in [0.15, 0.2) is 17.0 Å². The van der Waals surface area contributed by atoms with Crippen molar-refractivity contribution < 1.29 is 10.0 Å². The number of aromatic amines is 1. The van der Waals surface area contributed by atoms with Crippen LogP contribution in [0.1, 0.15) is 5.56 Å². The van der Waals surface area contributed by atoms with Crippen molar-refractivity contribution >= 4 is 22.4 Å². The monoisotopic (exact) mass is 224 g/mol. The molecule has 0 aliphatic rings. The number of phenols is 1. The van der Waals surface area contributed by atoms with Crippen LogP contribution in [0.4, 0.5) is 11.4 Å². The molecule has 0 atom stereocenters. The summed E-state index contributed by atoms with van der Waals surface area (Å²) in [6, 6.07) is 0. The van der Waals surface area contributed by atoms with E-state index in [0.29, 0.717) is 5.56 Å². The van der Waals surface area contributed by atoms with Gasteiger partial charge in [-0.25, -0.2) is 0 Å². The van der Waals surface area contributed by atoms with Crippen LogP contribution in [0.25, 0.3) is 11.0 Å². The van der Waals surface area contributed by atoms with Crippen LogP contribution in [0.3, 0.4) is 0 Å². The molecule has 0 saturated carbocycles. The van der Waals surface area contributed by atoms with Crippen LogP contribution >= 0.6 is 0 Å². The third kappa shape index (κ3) is 1.15. The van der Waals surface area contributed by atoms with Crippen molar-refractivity contribution in [3.63, 3.8) is 0 Å². The van der Waals surface area contributed by atoms with Crippen molar-refractivity contribution in [1.82, 2.24) is 15.4 Å². The minimum atomic E-state index is -0.681. The van der Waals surface area contributed by atoms with Crippen molar-refractivity contribution in [3.05, 3.63) is 15.7 Å². The zero-order valence-electron chi connectivity index (χ0n) is 8.18. The van der Waals surface area contributed by atoms with E-state index in [2.05, 4.69) is 20.8 Å². The van der Waals surface area contributed by atoms with Gasteiger partial charge in [-0.05, 0) is 6.92 Å². The number of nitrogens with two attached hydrogens (primary N) is 1. The average molecular weight is 224 g/mol. The zero-order valence-corrected chi connectivity index (χ0v) is 8.18. The fourth-order valence-corrected chi connectivity index (χ4v) is 1.50. The number of aryl methyl sites for hydroxylation is 1. The molecular formula is C7H8N6O3. The number of H-pyrrole nitrogens is 1. The normalized spacial score (nSPS) is 10.6. The summed E-state index contributed by atoms with van der Waals surface area (Å²) in [7, 11) is 0. The average Bonchev–Trinajstić information content (AvgIpc) is 2.70. The molecule has 0 unspecified atom stereocenters. The van der Waals surface area contributed by atoms with Gasteiger partial charge in [-0.15, -0.1) is 5.10 Å². The molecule has 9 heteroatoms. The Morgan fingerprint density at radius 3 is 2.69 bits per heavy atom. The molecule has 0 radical (unpaired) electrons. The number of rotatable bonds is 2. The van der Waals surface area contributed by atoms with Gasteiger partial charge in [0.25, 0.3) is 0 Å². The lowest BCUT2D eigenvalue weighted by Crippen LogP contribution is -2.10. The highest BCUT2D eigenvalue weighted by Gasteiger charge is 2.27. The fourth-order valence-electron chi connectivity index (χ4n) is 1.50. The van der Waals surface area contributed by atoms with Crippen LogP contribution in [-0.2, 0) is 0 Å². The second-order valence-electron chi connectivity index (χ2n) is 3.12. The van der Waals surface area contributed by atoms with Crippen molar-refractivity contribution in [3.8, 4) is 5.75 Å². The van der Waals surface area contributed by atoms with Gasteiger partial charge in [-0.2, -0.15) is 10.3 Å². The number of hydrogen-bond acceptors (Lipinski definition) is 7. The largest absolute Gasteiger partial charge is 0.505 e. The Bertz CT molecular complexity index is 577. The predicted octanol–water partition coefficient (Wildman–Crippen LogP) is 0.166. The molecule has 0 amide bonds. The molecule has 2 rings (SSSR count). The first kappa shape index (κ1) is 10.1. The Hall–Kier alpha value is -2.42. The third-order valence-corrected chi connectivity index (χ3v) is 2.28. The third-order valence-electron chi connectivity index (χ3n) is 2.28. The molecule has 9 nitrogen and oxygen atoms in total. The van der Waals surface area contributed by atoms with E-state index in [0.717, 1.165) is 0 Å². The number of nitro groups is 1. The zero-order chi connectivity index (χ0) is 11.9. The van der Waals surface area contributed by atoms with Crippen LogP contribution < -0.4 is 11.3 Å². The molecule has 84 valence electrons. The number of benzene rings is 1. The SMILES string of the molecule is Cc1c(O)c(NN)c([N+](=O)[O-])c2n[nH]nc12. The van der Waals surface area contributed by atoms with Gasteiger partial charge in [0.2, 0.25) is 0 Å². The summed E-state index contributed by atoms with van der Waals surface area (Å²) in [6.45, 7) is 1.56. The van der Waals surface area contributed by atoms with Crippen molar-refractivity contribution in [2.45, 2.75) is 6.92 Å².